The van der Waals surface area contributed by atoms with E-state index in [2.05, 4.69) is 24.1 Å². The molecule has 1 aliphatic carbocycles. The zero-order chi connectivity index (χ0) is 15.5. The summed E-state index contributed by atoms with van der Waals surface area (Å²) in [5.74, 6) is 0.972. The molecule has 2 unspecified atom stereocenters. The van der Waals surface area contributed by atoms with Crippen LogP contribution >= 0.6 is 0 Å². The summed E-state index contributed by atoms with van der Waals surface area (Å²) in [5, 5.41) is 12.8. The summed E-state index contributed by atoms with van der Waals surface area (Å²) in [6.45, 7) is 8.41. The van der Waals surface area contributed by atoms with Gasteiger partial charge in [0.05, 0.1) is 6.04 Å². The number of carbonyl (C=O) groups is 1. The number of amides is 1. The van der Waals surface area contributed by atoms with Gasteiger partial charge in [0.2, 0.25) is 5.91 Å². The normalized spacial score (nSPS) is 36.2. The molecule has 0 aromatic rings. The molecule has 0 bridgehead atoms. The van der Waals surface area contributed by atoms with Crippen LogP contribution in [0, 0.1) is 11.3 Å². The lowest BCUT2D eigenvalue weighted by Crippen LogP contribution is -2.54. The van der Waals surface area contributed by atoms with E-state index in [0.29, 0.717) is 6.04 Å². The van der Waals surface area contributed by atoms with Crippen LogP contribution in [0.15, 0.2) is 0 Å². The molecule has 2 atom stereocenters. The van der Waals surface area contributed by atoms with Crippen molar-refractivity contribution in [1.29, 1.82) is 0 Å². The summed E-state index contributed by atoms with van der Waals surface area (Å²) in [6, 6.07) is 0.278. The van der Waals surface area contributed by atoms with E-state index >= 15 is 0 Å². The first kappa shape index (κ1) is 16.8. The van der Waals surface area contributed by atoms with E-state index in [4.69, 9.17) is 0 Å². The lowest BCUT2D eigenvalue weighted by Gasteiger charge is -2.42. The van der Waals surface area contributed by atoms with Crippen LogP contribution in [0.2, 0.25) is 0 Å². The largest absolute Gasteiger partial charge is 0.396 e. The Morgan fingerprint density at radius 2 is 2.05 bits per heavy atom. The minimum atomic E-state index is -0.0875. The Morgan fingerprint density at radius 1 is 1.38 bits per heavy atom. The van der Waals surface area contributed by atoms with Gasteiger partial charge in [-0.15, -0.1) is 0 Å². The summed E-state index contributed by atoms with van der Waals surface area (Å²) in [6.07, 6.45) is 6.81. The first-order valence-corrected chi connectivity index (χ1v) is 8.59. The molecule has 4 nitrogen and oxygen atoms in total. The Kier molecular flexibility index (Phi) is 5.67. The van der Waals surface area contributed by atoms with Crippen LogP contribution in [0.25, 0.3) is 0 Å². The van der Waals surface area contributed by atoms with Crippen LogP contribution < -0.4 is 5.32 Å². The first-order chi connectivity index (χ1) is 9.93. The van der Waals surface area contributed by atoms with Crippen molar-refractivity contribution in [3.8, 4) is 0 Å². The molecular formula is C17H32N2O2. The zero-order valence-electron chi connectivity index (χ0n) is 13.9. The Labute approximate surface area is 129 Å². The second-order valence-electron chi connectivity index (χ2n) is 7.68. The van der Waals surface area contributed by atoms with Crippen molar-refractivity contribution in [2.24, 2.45) is 11.3 Å². The molecule has 2 N–H and O–H groups in total. The van der Waals surface area contributed by atoms with Crippen LogP contribution in [0.3, 0.4) is 0 Å². The maximum Gasteiger partial charge on any atom is 0.237 e. The molecule has 4 heteroatoms. The van der Waals surface area contributed by atoms with Gasteiger partial charge in [-0.2, -0.15) is 0 Å². The lowest BCUT2D eigenvalue weighted by molar-refractivity contribution is -0.128. The van der Waals surface area contributed by atoms with Gasteiger partial charge in [0.25, 0.3) is 0 Å². The van der Waals surface area contributed by atoms with Crippen molar-refractivity contribution < 1.29 is 9.90 Å². The van der Waals surface area contributed by atoms with Gasteiger partial charge in [0.1, 0.15) is 0 Å². The summed E-state index contributed by atoms with van der Waals surface area (Å²) in [5.41, 5.74) is -0.0486. The Hall–Kier alpha value is -0.610. The lowest BCUT2D eigenvalue weighted by atomic mass is 9.82. The van der Waals surface area contributed by atoms with Crippen molar-refractivity contribution in [2.45, 2.75) is 71.4 Å². The predicted molar refractivity (Wildman–Crippen MR) is 85.0 cm³/mol. The molecule has 2 fully saturated rings. The van der Waals surface area contributed by atoms with E-state index in [1.807, 2.05) is 6.92 Å². The highest BCUT2D eigenvalue weighted by molar-refractivity contribution is 5.81. The fourth-order valence-electron chi connectivity index (χ4n) is 3.71. The van der Waals surface area contributed by atoms with Crippen molar-refractivity contribution in [3.63, 3.8) is 0 Å². The van der Waals surface area contributed by atoms with Gasteiger partial charge in [-0.1, -0.05) is 13.8 Å². The molecule has 2 aliphatic rings. The minimum absolute atomic E-state index is 0.0486. The quantitative estimate of drug-likeness (QED) is 0.836. The number of hydrogen-bond donors (Lipinski definition) is 2. The third kappa shape index (κ3) is 4.43. The molecule has 122 valence electrons. The van der Waals surface area contributed by atoms with E-state index in [0.717, 1.165) is 44.7 Å². The second-order valence-corrected chi connectivity index (χ2v) is 7.68. The summed E-state index contributed by atoms with van der Waals surface area (Å²) < 4.78 is 0. The maximum atomic E-state index is 12.5. The highest BCUT2D eigenvalue weighted by Gasteiger charge is 2.34. The van der Waals surface area contributed by atoms with Gasteiger partial charge in [-0.05, 0) is 57.9 Å². The molecule has 0 radical (unpaired) electrons. The number of aliphatic hydroxyl groups is 1. The topological polar surface area (TPSA) is 52.6 Å². The molecule has 0 aromatic carbocycles. The molecule has 0 aromatic heterocycles. The molecule has 1 heterocycles. The van der Waals surface area contributed by atoms with E-state index in [1.165, 1.54) is 12.8 Å². The number of nitrogens with one attached hydrogen (secondary N) is 1. The number of aliphatic hydroxyl groups excluding tert-OH is 1. The summed E-state index contributed by atoms with van der Waals surface area (Å²) >= 11 is 0. The van der Waals surface area contributed by atoms with E-state index < -0.39 is 0 Å². The molecule has 1 saturated heterocycles. The van der Waals surface area contributed by atoms with Gasteiger partial charge in [0.15, 0.2) is 0 Å². The van der Waals surface area contributed by atoms with Crippen molar-refractivity contribution in [3.05, 3.63) is 0 Å². The van der Waals surface area contributed by atoms with Crippen molar-refractivity contribution in [2.75, 3.05) is 19.7 Å². The predicted octanol–water partition coefficient (Wildman–Crippen LogP) is 2.16. The van der Waals surface area contributed by atoms with E-state index in [-0.39, 0.29) is 24.0 Å². The standard InChI is InChI=1S/C17H32N2O2/c1-13-5-7-15(8-6-13)18-16(21)14(2)19-10-4-9-17(3,11-19)12-20/h13-15,20H,4-12H2,1-3H3,(H,18,21). The maximum absolute atomic E-state index is 12.5. The number of carbonyl (C=O) groups excluding carboxylic acids is 1. The number of nitrogens with zero attached hydrogens (tertiary/aromatic N) is 1. The van der Waals surface area contributed by atoms with Gasteiger partial charge >= 0.3 is 0 Å². The van der Waals surface area contributed by atoms with Crippen molar-refractivity contribution in [1.82, 2.24) is 10.2 Å². The highest BCUT2D eigenvalue weighted by Crippen LogP contribution is 2.30. The number of rotatable bonds is 4. The van der Waals surface area contributed by atoms with Crippen molar-refractivity contribution >= 4 is 5.91 Å². The van der Waals surface area contributed by atoms with Crippen LogP contribution in [0.5, 0.6) is 0 Å². The molecular weight excluding hydrogens is 264 g/mol. The van der Waals surface area contributed by atoms with E-state index in [9.17, 15) is 9.90 Å². The molecule has 2 rings (SSSR count). The van der Waals surface area contributed by atoms with Gasteiger partial charge in [-0.3, -0.25) is 9.69 Å². The first-order valence-electron chi connectivity index (χ1n) is 8.59. The molecule has 1 amide bonds. The van der Waals surface area contributed by atoms with Gasteiger partial charge in [0, 0.05) is 24.6 Å². The van der Waals surface area contributed by atoms with Crippen LogP contribution in [0.1, 0.15) is 59.3 Å². The third-order valence-corrected chi connectivity index (χ3v) is 5.48. The zero-order valence-corrected chi connectivity index (χ0v) is 13.9. The number of hydrogen-bond acceptors (Lipinski definition) is 3. The van der Waals surface area contributed by atoms with Crippen LogP contribution in [0.4, 0.5) is 0 Å². The fraction of sp³-hybridized carbons (Fsp3) is 0.941. The molecule has 1 aliphatic heterocycles. The molecule has 21 heavy (non-hydrogen) atoms. The van der Waals surface area contributed by atoms with Gasteiger partial charge in [-0.25, -0.2) is 0 Å². The SMILES string of the molecule is CC1CCC(NC(=O)C(C)N2CCCC(C)(CO)C2)CC1. The fourth-order valence-corrected chi connectivity index (χ4v) is 3.71. The minimum Gasteiger partial charge on any atom is -0.396 e. The van der Waals surface area contributed by atoms with Crippen LogP contribution in [-0.4, -0.2) is 47.7 Å². The Morgan fingerprint density at radius 3 is 2.67 bits per heavy atom. The molecule has 1 saturated carbocycles. The summed E-state index contributed by atoms with van der Waals surface area (Å²) in [7, 11) is 0. The molecule has 0 spiro atoms. The number of likely N-dealkylation sites (tertiary alicyclic amines) is 1. The van der Waals surface area contributed by atoms with Gasteiger partial charge < -0.3 is 10.4 Å². The number of piperidine rings is 1. The highest BCUT2D eigenvalue weighted by atomic mass is 16.3. The van der Waals surface area contributed by atoms with E-state index in [1.54, 1.807) is 0 Å². The smallest absolute Gasteiger partial charge is 0.237 e. The van der Waals surface area contributed by atoms with Crippen LogP contribution in [-0.2, 0) is 4.79 Å². The Bertz CT molecular complexity index is 353. The second kappa shape index (κ2) is 7.10. The monoisotopic (exact) mass is 296 g/mol. The third-order valence-electron chi connectivity index (χ3n) is 5.48. The Balaban J connectivity index is 1.84. The summed E-state index contributed by atoms with van der Waals surface area (Å²) in [4.78, 5) is 14.7. The average Bonchev–Trinajstić information content (AvgIpc) is 2.49. The average molecular weight is 296 g/mol.